The first kappa shape index (κ1) is 13.1. The summed E-state index contributed by atoms with van der Waals surface area (Å²) in [5.41, 5.74) is 5.36. The largest absolute Gasteiger partial charge is 0.409 e. The molecule has 94 valence electrons. The van der Waals surface area contributed by atoms with Crippen molar-refractivity contribution < 1.29 is 18.4 Å². The molecule has 0 unspecified atom stereocenters. The maximum atomic E-state index is 12.8. The highest BCUT2D eigenvalue weighted by Crippen LogP contribution is 2.17. The Kier molecular flexibility index (Phi) is 4.62. The molecule has 4 nitrogen and oxygen atoms in total. The molecule has 4 N–H and O–H groups in total. The van der Waals surface area contributed by atoms with E-state index in [2.05, 4.69) is 10.5 Å². The third-order valence-corrected chi connectivity index (χ3v) is 2.05. The van der Waals surface area contributed by atoms with Crippen molar-refractivity contribution in [2.45, 2.75) is 12.8 Å². The average Bonchev–Trinajstić information content (AvgIpc) is 2.31. The lowest BCUT2D eigenvalue weighted by molar-refractivity contribution is 0.316. The van der Waals surface area contributed by atoms with Crippen LogP contribution in [0.1, 0.15) is 12.8 Å². The number of hydrogen-bond donors (Lipinski definition) is 3. The first-order valence-corrected chi connectivity index (χ1v) is 4.89. The maximum Gasteiger partial charge on any atom is 0.194 e. The predicted molar refractivity (Wildman–Crippen MR) is 57.4 cm³/mol. The molecule has 0 aromatic heterocycles. The minimum absolute atomic E-state index is 0.0725. The van der Waals surface area contributed by atoms with Crippen LogP contribution in [0.4, 0.5) is 18.9 Å². The quantitative estimate of drug-likeness (QED) is 0.186. The van der Waals surface area contributed by atoms with Gasteiger partial charge in [0.15, 0.2) is 17.5 Å². The number of nitrogens with one attached hydrogen (secondary N) is 1. The number of anilines is 1. The third-order valence-electron chi connectivity index (χ3n) is 2.05. The SMILES string of the molecule is NC(CCCNc1cc(F)c(F)c(F)c1)=NO. The molecule has 1 rings (SSSR count). The van der Waals surface area contributed by atoms with Crippen LogP contribution in [0.3, 0.4) is 0 Å². The molecule has 7 heteroatoms. The highest BCUT2D eigenvalue weighted by Gasteiger charge is 2.09. The molecule has 0 aliphatic heterocycles. The molecule has 1 aromatic carbocycles. The summed E-state index contributed by atoms with van der Waals surface area (Å²) < 4.78 is 38.2. The Morgan fingerprint density at radius 2 is 1.88 bits per heavy atom. The molecule has 17 heavy (non-hydrogen) atoms. The van der Waals surface area contributed by atoms with E-state index in [1.807, 2.05) is 0 Å². The third kappa shape index (κ3) is 3.86. The Bertz CT molecular complexity index is 400. The molecule has 0 amide bonds. The van der Waals surface area contributed by atoms with E-state index in [1.165, 1.54) is 0 Å². The summed E-state index contributed by atoms with van der Waals surface area (Å²) in [5.74, 6) is -3.91. The lowest BCUT2D eigenvalue weighted by Crippen LogP contribution is -2.13. The highest BCUT2D eigenvalue weighted by atomic mass is 19.2. The van der Waals surface area contributed by atoms with Crippen LogP contribution in [0.5, 0.6) is 0 Å². The van der Waals surface area contributed by atoms with Gasteiger partial charge in [-0.05, 0) is 6.42 Å². The summed E-state index contributed by atoms with van der Waals surface area (Å²) >= 11 is 0. The molecule has 0 heterocycles. The number of amidine groups is 1. The second kappa shape index (κ2) is 5.97. The number of nitrogens with two attached hydrogens (primary N) is 1. The molecule has 0 radical (unpaired) electrons. The van der Waals surface area contributed by atoms with E-state index in [0.29, 0.717) is 19.4 Å². The van der Waals surface area contributed by atoms with Gasteiger partial charge >= 0.3 is 0 Å². The van der Waals surface area contributed by atoms with Gasteiger partial charge in [0.05, 0.1) is 0 Å². The van der Waals surface area contributed by atoms with Crippen LogP contribution in [0.15, 0.2) is 17.3 Å². The number of hydrogen-bond acceptors (Lipinski definition) is 3. The van der Waals surface area contributed by atoms with Crippen LogP contribution < -0.4 is 11.1 Å². The number of benzene rings is 1. The lowest BCUT2D eigenvalue weighted by Gasteiger charge is -2.06. The van der Waals surface area contributed by atoms with Gasteiger partial charge in [0.25, 0.3) is 0 Å². The standard InChI is InChI=1S/C10H12F3N3O/c11-7-4-6(5-8(12)10(7)13)15-3-1-2-9(14)16-17/h4-5,15,17H,1-3H2,(H2,14,16). The van der Waals surface area contributed by atoms with Crippen molar-refractivity contribution in [3.63, 3.8) is 0 Å². The zero-order valence-electron chi connectivity index (χ0n) is 8.88. The van der Waals surface area contributed by atoms with E-state index >= 15 is 0 Å². The van der Waals surface area contributed by atoms with Crippen LogP contribution in [-0.2, 0) is 0 Å². The van der Waals surface area contributed by atoms with Crippen LogP contribution in [0.2, 0.25) is 0 Å². The van der Waals surface area contributed by atoms with E-state index in [9.17, 15) is 13.2 Å². The fourth-order valence-electron chi connectivity index (χ4n) is 1.21. The molecule has 1 aromatic rings. The van der Waals surface area contributed by atoms with Crippen molar-refractivity contribution >= 4 is 11.5 Å². The Hall–Kier alpha value is -1.92. The molecule has 0 saturated heterocycles. The van der Waals surface area contributed by atoms with Crippen molar-refractivity contribution in [2.24, 2.45) is 10.9 Å². The van der Waals surface area contributed by atoms with Crippen molar-refractivity contribution in [1.82, 2.24) is 0 Å². The van der Waals surface area contributed by atoms with E-state index in [0.717, 1.165) is 12.1 Å². The molecule has 0 atom stereocenters. The van der Waals surface area contributed by atoms with Gasteiger partial charge in [-0.1, -0.05) is 5.16 Å². The van der Waals surface area contributed by atoms with Gasteiger partial charge in [-0.3, -0.25) is 0 Å². The highest BCUT2D eigenvalue weighted by molar-refractivity contribution is 5.79. The van der Waals surface area contributed by atoms with E-state index in [4.69, 9.17) is 10.9 Å². The minimum atomic E-state index is -1.49. The second-order valence-electron chi connectivity index (χ2n) is 3.38. The first-order valence-electron chi connectivity index (χ1n) is 4.89. The molecule has 0 saturated carbocycles. The minimum Gasteiger partial charge on any atom is -0.409 e. The van der Waals surface area contributed by atoms with Gasteiger partial charge in [-0.2, -0.15) is 0 Å². The van der Waals surface area contributed by atoms with Crippen molar-refractivity contribution in [1.29, 1.82) is 0 Å². The molecular formula is C10H12F3N3O. The first-order chi connectivity index (χ1) is 8.04. The summed E-state index contributed by atoms with van der Waals surface area (Å²) in [7, 11) is 0. The smallest absolute Gasteiger partial charge is 0.194 e. The van der Waals surface area contributed by atoms with E-state index in [1.54, 1.807) is 0 Å². The van der Waals surface area contributed by atoms with Gasteiger partial charge in [0, 0.05) is 30.8 Å². The average molecular weight is 247 g/mol. The van der Waals surface area contributed by atoms with Crippen LogP contribution in [0.25, 0.3) is 0 Å². The van der Waals surface area contributed by atoms with Gasteiger partial charge in [-0.25, -0.2) is 13.2 Å². The van der Waals surface area contributed by atoms with Crippen LogP contribution in [-0.4, -0.2) is 17.6 Å². The zero-order chi connectivity index (χ0) is 12.8. The lowest BCUT2D eigenvalue weighted by atomic mass is 10.2. The molecule has 0 spiro atoms. The maximum absolute atomic E-state index is 12.8. The Morgan fingerprint density at radius 3 is 2.41 bits per heavy atom. The number of rotatable bonds is 5. The molecule has 0 aliphatic rings. The van der Waals surface area contributed by atoms with E-state index in [-0.39, 0.29) is 11.5 Å². The molecule has 0 bridgehead atoms. The monoisotopic (exact) mass is 247 g/mol. The fraction of sp³-hybridized carbons (Fsp3) is 0.300. The number of halogens is 3. The van der Waals surface area contributed by atoms with Crippen molar-refractivity contribution in [2.75, 3.05) is 11.9 Å². The second-order valence-corrected chi connectivity index (χ2v) is 3.38. The van der Waals surface area contributed by atoms with Crippen LogP contribution in [0, 0.1) is 17.5 Å². The van der Waals surface area contributed by atoms with Gasteiger partial charge in [-0.15, -0.1) is 0 Å². The Balaban J connectivity index is 2.48. The summed E-state index contributed by atoms with van der Waals surface area (Å²) in [6.07, 6.45) is 0.853. The van der Waals surface area contributed by atoms with Gasteiger partial charge in [0.1, 0.15) is 5.84 Å². The normalized spacial score (nSPS) is 11.6. The fourth-order valence-corrected chi connectivity index (χ4v) is 1.21. The van der Waals surface area contributed by atoms with Crippen LogP contribution >= 0.6 is 0 Å². The summed E-state index contributed by atoms with van der Waals surface area (Å²) in [4.78, 5) is 0. The number of nitrogens with zero attached hydrogens (tertiary/aromatic N) is 1. The molecular weight excluding hydrogens is 235 g/mol. The summed E-state index contributed by atoms with van der Waals surface area (Å²) in [5, 5.41) is 13.7. The topological polar surface area (TPSA) is 70.6 Å². The van der Waals surface area contributed by atoms with Crippen molar-refractivity contribution in [3.8, 4) is 0 Å². The number of oxime groups is 1. The van der Waals surface area contributed by atoms with Gasteiger partial charge < -0.3 is 16.3 Å². The predicted octanol–water partition coefficient (Wildman–Crippen LogP) is 2.04. The Labute approximate surface area is 95.9 Å². The van der Waals surface area contributed by atoms with E-state index < -0.39 is 17.5 Å². The molecule has 0 fully saturated rings. The van der Waals surface area contributed by atoms with Gasteiger partial charge in [0.2, 0.25) is 0 Å². The summed E-state index contributed by atoms with van der Waals surface area (Å²) in [6.45, 7) is 0.362. The zero-order valence-corrected chi connectivity index (χ0v) is 8.88. The summed E-state index contributed by atoms with van der Waals surface area (Å²) in [6, 6.07) is 1.73. The Morgan fingerprint density at radius 1 is 1.29 bits per heavy atom. The van der Waals surface area contributed by atoms with Crippen molar-refractivity contribution in [3.05, 3.63) is 29.6 Å². The molecule has 0 aliphatic carbocycles.